The molecule has 0 spiro atoms. The maximum Gasteiger partial charge on any atom is 0.240 e. The molecule has 0 unspecified atom stereocenters. The standard InChI is InChI=1S/C13H12FN5O/c14-10-3-5-11(6-4-10)15-7-8-19-17-13(16-18-19)12-2-1-9-20-12/h1-6,9,15H,7-8H2. The molecule has 20 heavy (non-hydrogen) atoms. The van der Waals surface area contributed by atoms with Gasteiger partial charge in [-0.1, -0.05) is 0 Å². The highest BCUT2D eigenvalue weighted by Gasteiger charge is 2.07. The summed E-state index contributed by atoms with van der Waals surface area (Å²) in [5.41, 5.74) is 0.845. The summed E-state index contributed by atoms with van der Waals surface area (Å²) < 4.78 is 17.9. The smallest absolute Gasteiger partial charge is 0.240 e. The van der Waals surface area contributed by atoms with Crippen molar-refractivity contribution in [1.29, 1.82) is 0 Å². The molecule has 3 aromatic rings. The minimum absolute atomic E-state index is 0.253. The summed E-state index contributed by atoms with van der Waals surface area (Å²) in [6.45, 7) is 1.16. The summed E-state index contributed by atoms with van der Waals surface area (Å²) in [5.74, 6) is 0.788. The molecule has 1 aromatic carbocycles. The normalized spacial score (nSPS) is 10.7. The van der Waals surface area contributed by atoms with Gasteiger partial charge in [0.15, 0.2) is 5.76 Å². The molecule has 0 aliphatic heterocycles. The fourth-order valence-corrected chi connectivity index (χ4v) is 1.71. The largest absolute Gasteiger partial charge is 0.461 e. The van der Waals surface area contributed by atoms with Gasteiger partial charge in [-0.15, -0.1) is 10.2 Å². The molecule has 6 nitrogen and oxygen atoms in total. The molecule has 0 amide bonds. The predicted molar refractivity (Wildman–Crippen MR) is 70.4 cm³/mol. The van der Waals surface area contributed by atoms with Crippen LogP contribution in [0.5, 0.6) is 0 Å². The molecule has 102 valence electrons. The van der Waals surface area contributed by atoms with E-state index < -0.39 is 0 Å². The van der Waals surface area contributed by atoms with Crippen LogP contribution in [0.3, 0.4) is 0 Å². The Hall–Kier alpha value is -2.70. The van der Waals surface area contributed by atoms with Crippen molar-refractivity contribution in [2.45, 2.75) is 6.54 Å². The molecule has 1 N–H and O–H groups in total. The van der Waals surface area contributed by atoms with Crippen LogP contribution in [0.4, 0.5) is 10.1 Å². The van der Waals surface area contributed by atoms with Crippen molar-refractivity contribution in [2.24, 2.45) is 0 Å². The third-order valence-corrected chi connectivity index (χ3v) is 2.68. The van der Waals surface area contributed by atoms with Crippen LogP contribution in [0.25, 0.3) is 11.6 Å². The Bertz CT molecular complexity index is 662. The Balaban J connectivity index is 1.55. The van der Waals surface area contributed by atoms with Gasteiger partial charge in [-0.25, -0.2) is 4.39 Å². The maximum atomic E-state index is 12.7. The zero-order chi connectivity index (χ0) is 13.8. The number of hydrogen-bond donors (Lipinski definition) is 1. The quantitative estimate of drug-likeness (QED) is 0.771. The first-order chi connectivity index (χ1) is 9.81. The van der Waals surface area contributed by atoms with E-state index >= 15 is 0 Å². The van der Waals surface area contributed by atoms with Crippen molar-refractivity contribution in [3.8, 4) is 11.6 Å². The summed E-state index contributed by atoms with van der Waals surface area (Å²) in [7, 11) is 0. The van der Waals surface area contributed by atoms with Crippen LogP contribution in [-0.2, 0) is 6.54 Å². The van der Waals surface area contributed by atoms with E-state index in [1.807, 2.05) is 0 Å². The third kappa shape index (κ3) is 2.82. The van der Waals surface area contributed by atoms with Crippen molar-refractivity contribution < 1.29 is 8.81 Å². The van der Waals surface area contributed by atoms with E-state index in [9.17, 15) is 4.39 Å². The van der Waals surface area contributed by atoms with Crippen molar-refractivity contribution in [1.82, 2.24) is 20.2 Å². The number of benzene rings is 1. The van der Waals surface area contributed by atoms with E-state index in [4.69, 9.17) is 4.42 Å². The van der Waals surface area contributed by atoms with Crippen LogP contribution >= 0.6 is 0 Å². The van der Waals surface area contributed by atoms with Gasteiger partial charge in [-0.05, 0) is 41.6 Å². The molecule has 0 radical (unpaired) electrons. The number of rotatable bonds is 5. The minimum Gasteiger partial charge on any atom is -0.461 e. The number of aromatic nitrogens is 4. The van der Waals surface area contributed by atoms with Crippen molar-refractivity contribution in [3.05, 3.63) is 48.5 Å². The highest BCUT2D eigenvalue weighted by atomic mass is 19.1. The van der Waals surface area contributed by atoms with E-state index in [1.54, 1.807) is 30.5 Å². The zero-order valence-electron chi connectivity index (χ0n) is 10.5. The molecular formula is C13H12FN5O. The molecule has 0 aliphatic rings. The van der Waals surface area contributed by atoms with Gasteiger partial charge in [0, 0.05) is 12.2 Å². The molecule has 0 fully saturated rings. The lowest BCUT2D eigenvalue weighted by molar-refractivity contribution is 0.537. The molecule has 0 saturated heterocycles. The van der Waals surface area contributed by atoms with Crippen molar-refractivity contribution in [2.75, 3.05) is 11.9 Å². The fourth-order valence-electron chi connectivity index (χ4n) is 1.71. The van der Waals surface area contributed by atoms with Crippen LogP contribution in [-0.4, -0.2) is 26.8 Å². The number of tetrazole rings is 1. The van der Waals surface area contributed by atoms with Gasteiger partial charge in [0.25, 0.3) is 0 Å². The van der Waals surface area contributed by atoms with Gasteiger partial charge < -0.3 is 9.73 Å². The van der Waals surface area contributed by atoms with Crippen LogP contribution in [0.15, 0.2) is 47.1 Å². The molecule has 7 heteroatoms. The molecule has 2 aromatic heterocycles. The van der Waals surface area contributed by atoms with E-state index in [1.165, 1.54) is 16.9 Å². The molecular weight excluding hydrogens is 261 g/mol. The lowest BCUT2D eigenvalue weighted by Crippen LogP contribution is -2.12. The minimum atomic E-state index is -0.253. The molecule has 2 heterocycles. The second-order valence-corrected chi connectivity index (χ2v) is 4.12. The summed E-state index contributed by atoms with van der Waals surface area (Å²) in [6.07, 6.45) is 1.56. The average molecular weight is 273 g/mol. The number of anilines is 1. The highest BCUT2D eigenvalue weighted by molar-refractivity contribution is 5.44. The number of hydrogen-bond acceptors (Lipinski definition) is 5. The third-order valence-electron chi connectivity index (χ3n) is 2.68. The first-order valence-corrected chi connectivity index (χ1v) is 6.12. The molecule has 0 bridgehead atoms. The van der Waals surface area contributed by atoms with Crippen molar-refractivity contribution >= 4 is 5.69 Å². The summed E-state index contributed by atoms with van der Waals surface area (Å²) in [6, 6.07) is 9.72. The second kappa shape index (κ2) is 5.52. The fraction of sp³-hybridized carbons (Fsp3) is 0.154. The topological polar surface area (TPSA) is 68.8 Å². The van der Waals surface area contributed by atoms with Gasteiger partial charge in [0.2, 0.25) is 5.82 Å². The Morgan fingerprint density at radius 1 is 1.20 bits per heavy atom. The Morgan fingerprint density at radius 3 is 2.80 bits per heavy atom. The molecule has 0 saturated carbocycles. The van der Waals surface area contributed by atoms with Gasteiger partial charge in [-0.2, -0.15) is 4.80 Å². The van der Waals surface area contributed by atoms with Gasteiger partial charge in [0.1, 0.15) is 5.82 Å². The van der Waals surface area contributed by atoms with Gasteiger partial charge in [0.05, 0.1) is 12.8 Å². The van der Waals surface area contributed by atoms with E-state index in [2.05, 4.69) is 20.7 Å². The highest BCUT2D eigenvalue weighted by Crippen LogP contribution is 2.13. The SMILES string of the molecule is Fc1ccc(NCCn2nnc(-c3ccco3)n2)cc1. The molecule has 0 atom stereocenters. The Labute approximate surface area is 114 Å². The first-order valence-electron chi connectivity index (χ1n) is 6.12. The molecule has 0 aliphatic carbocycles. The van der Waals surface area contributed by atoms with E-state index in [0.29, 0.717) is 24.7 Å². The first kappa shape index (κ1) is 12.3. The predicted octanol–water partition coefficient (Wildman–Crippen LogP) is 2.18. The number of nitrogens with zero attached hydrogens (tertiary/aromatic N) is 4. The summed E-state index contributed by atoms with van der Waals surface area (Å²) in [5, 5.41) is 15.2. The maximum absolute atomic E-state index is 12.7. The van der Waals surface area contributed by atoms with Gasteiger partial charge >= 0.3 is 0 Å². The van der Waals surface area contributed by atoms with Crippen LogP contribution in [0.1, 0.15) is 0 Å². The Kier molecular flexibility index (Phi) is 3.40. The second-order valence-electron chi connectivity index (χ2n) is 4.12. The van der Waals surface area contributed by atoms with Crippen LogP contribution < -0.4 is 5.32 Å². The Morgan fingerprint density at radius 2 is 2.05 bits per heavy atom. The lowest BCUT2D eigenvalue weighted by atomic mass is 10.3. The van der Waals surface area contributed by atoms with Crippen LogP contribution in [0.2, 0.25) is 0 Å². The number of nitrogens with one attached hydrogen (secondary N) is 1. The molecule has 3 rings (SSSR count). The average Bonchev–Trinajstić information content (AvgIpc) is 3.11. The van der Waals surface area contributed by atoms with Crippen LogP contribution in [0, 0.1) is 5.82 Å². The monoisotopic (exact) mass is 273 g/mol. The number of furan rings is 1. The van der Waals surface area contributed by atoms with Gasteiger partial charge in [-0.3, -0.25) is 0 Å². The lowest BCUT2D eigenvalue weighted by Gasteiger charge is -2.04. The van der Waals surface area contributed by atoms with E-state index in [0.717, 1.165) is 5.69 Å². The van der Waals surface area contributed by atoms with E-state index in [-0.39, 0.29) is 5.82 Å². The summed E-state index contributed by atoms with van der Waals surface area (Å²) in [4.78, 5) is 1.48. The zero-order valence-corrected chi connectivity index (χ0v) is 10.5. The van der Waals surface area contributed by atoms with Crippen molar-refractivity contribution in [3.63, 3.8) is 0 Å². The number of halogens is 1. The summed E-state index contributed by atoms with van der Waals surface area (Å²) >= 11 is 0.